The van der Waals surface area contributed by atoms with E-state index < -0.39 is 0 Å². The van der Waals surface area contributed by atoms with Crippen molar-refractivity contribution in [1.29, 1.82) is 0 Å². The summed E-state index contributed by atoms with van der Waals surface area (Å²) in [5.41, 5.74) is 3.38. The van der Waals surface area contributed by atoms with Crippen molar-refractivity contribution in [3.05, 3.63) is 63.6 Å². The lowest BCUT2D eigenvalue weighted by molar-refractivity contribution is 0.883. The SMILES string of the molecule is Cc1ccc(Cl)cc1NC(C)c1cccc(Cl)c1. The molecule has 1 unspecified atom stereocenters. The molecule has 0 amide bonds. The minimum Gasteiger partial charge on any atom is -0.378 e. The van der Waals surface area contributed by atoms with E-state index in [1.165, 1.54) is 5.56 Å². The van der Waals surface area contributed by atoms with Crippen LogP contribution in [0.25, 0.3) is 0 Å². The Morgan fingerprint density at radius 1 is 1.00 bits per heavy atom. The summed E-state index contributed by atoms with van der Waals surface area (Å²) in [5.74, 6) is 0. The Morgan fingerprint density at radius 2 is 1.72 bits per heavy atom. The Hall–Kier alpha value is -1.18. The lowest BCUT2D eigenvalue weighted by atomic mass is 10.1. The summed E-state index contributed by atoms with van der Waals surface area (Å²) in [6.07, 6.45) is 0. The molecular formula is C15H15Cl2N. The quantitative estimate of drug-likeness (QED) is 0.785. The normalized spacial score (nSPS) is 12.2. The summed E-state index contributed by atoms with van der Waals surface area (Å²) in [6.45, 7) is 4.16. The van der Waals surface area contributed by atoms with Crippen molar-refractivity contribution in [2.45, 2.75) is 19.9 Å². The zero-order chi connectivity index (χ0) is 13.1. The second kappa shape index (κ2) is 5.64. The van der Waals surface area contributed by atoms with E-state index >= 15 is 0 Å². The van der Waals surface area contributed by atoms with Gasteiger partial charge >= 0.3 is 0 Å². The summed E-state index contributed by atoms with van der Waals surface area (Å²) in [5, 5.41) is 4.94. The van der Waals surface area contributed by atoms with Gasteiger partial charge in [0.25, 0.3) is 0 Å². The van der Waals surface area contributed by atoms with E-state index in [2.05, 4.69) is 25.2 Å². The first kappa shape index (κ1) is 13.3. The second-order valence-corrected chi connectivity index (χ2v) is 5.25. The summed E-state index contributed by atoms with van der Waals surface area (Å²) in [7, 11) is 0. The highest BCUT2D eigenvalue weighted by Gasteiger charge is 2.07. The highest BCUT2D eigenvalue weighted by molar-refractivity contribution is 6.31. The summed E-state index contributed by atoms with van der Waals surface area (Å²) in [4.78, 5) is 0. The first-order chi connectivity index (χ1) is 8.56. The van der Waals surface area contributed by atoms with Gasteiger partial charge in [0.05, 0.1) is 0 Å². The molecule has 3 heteroatoms. The zero-order valence-electron chi connectivity index (χ0n) is 10.4. The molecule has 0 aliphatic carbocycles. The van der Waals surface area contributed by atoms with Crippen LogP contribution in [0.1, 0.15) is 24.1 Å². The molecule has 1 N–H and O–H groups in total. The van der Waals surface area contributed by atoms with Crippen LogP contribution in [0.4, 0.5) is 5.69 Å². The highest BCUT2D eigenvalue weighted by Crippen LogP contribution is 2.26. The smallest absolute Gasteiger partial charge is 0.0486 e. The topological polar surface area (TPSA) is 12.0 Å². The van der Waals surface area contributed by atoms with Crippen LogP contribution in [-0.2, 0) is 0 Å². The number of aryl methyl sites for hydroxylation is 1. The third kappa shape index (κ3) is 3.18. The fourth-order valence-electron chi connectivity index (χ4n) is 1.84. The van der Waals surface area contributed by atoms with Gasteiger partial charge in [-0.15, -0.1) is 0 Å². The van der Waals surface area contributed by atoms with Crippen molar-refractivity contribution in [3.8, 4) is 0 Å². The van der Waals surface area contributed by atoms with E-state index in [1.54, 1.807) is 0 Å². The van der Waals surface area contributed by atoms with Crippen LogP contribution in [0.5, 0.6) is 0 Å². The molecule has 1 nitrogen and oxygen atoms in total. The lowest BCUT2D eigenvalue weighted by Crippen LogP contribution is -2.07. The van der Waals surface area contributed by atoms with E-state index in [0.717, 1.165) is 21.3 Å². The Balaban J connectivity index is 2.21. The van der Waals surface area contributed by atoms with Gasteiger partial charge in [-0.1, -0.05) is 41.4 Å². The molecule has 0 aliphatic heterocycles. The van der Waals surface area contributed by atoms with Gasteiger partial charge in [-0.3, -0.25) is 0 Å². The van der Waals surface area contributed by atoms with Gasteiger partial charge in [-0.2, -0.15) is 0 Å². The van der Waals surface area contributed by atoms with Crippen molar-refractivity contribution in [1.82, 2.24) is 0 Å². The Bertz CT molecular complexity index is 552. The summed E-state index contributed by atoms with van der Waals surface area (Å²) >= 11 is 12.0. The maximum Gasteiger partial charge on any atom is 0.0486 e. The van der Waals surface area contributed by atoms with Gasteiger partial charge in [0.15, 0.2) is 0 Å². The maximum atomic E-state index is 6.01. The van der Waals surface area contributed by atoms with Gasteiger partial charge < -0.3 is 5.32 Å². The minimum atomic E-state index is 0.181. The molecule has 0 aliphatic rings. The molecule has 0 saturated heterocycles. The third-order valence-electron chi connectivity index (χ3n) is 2.92. The number of benzene rings is 2. The number of anilines is 1. The van der Waals surface area contributed by atoms with E-state index in [-0.39, 0.29) is 6.04 Å². The van der Waals surface area contributed by atoms with Crippen molar-refractivity contribution < 1.29 is 0 Å². The van der Waals surface area contributed by atoms with E-state index in [4.69, 9.17) is 23.2 Å². The van der Waals surface area contributed by atoms with Crippen molar-refractivity contribution >= 4 is 28.9 Å². The monoisotopic (exact) mass is 279 g/mol. The standard InChI is InChI=1S/C15H15Cl2N/c1-10-6-7-14(17)9-15(10)18-11(2)12-4-3-5-13(16)8-12/h3-9,11,18H,1-2H3. The van der Waals surface area contributed by atoms with Gasteiger partial charge in [0.2, 0.25) is 0 Å². The molecule has 0 heterocycles. The molecule has 2 aromatic rings. The van der Waals surface area contributed by atoms with Crippen LogP contribution < -0.4 is 5.32 Å². The van der Waals surface area contributed by atoms with Crippen LogP contribution in [0, 0.1) is 6.92 Å². The maximum absolute atomic E-state index is 6.01. The van der Waals surface area contributed by atoms with Gasteiger partial charge in [-0.25, -0.2) is 0 Å². The Kier molecular flexibility index (Phi) is 4.15. The lowest BCUT2D eigenvalue weighted by Gasteiger charge is -2.18. The zero-order valence-corrected chi connectivity index (χ0v) is 11.9. The predicted octanol–water partition coefficient (Wildman–Crippen LogP) is 5.47. The number of hydrogen-bond acceptors (Lipinski definition) is 1. The first-order valence-corrected chi connectivity index (χ1v) is 6.60. The number of hydrogen-bond donors (Lipinski definition) is 1. The molecule has 0 aromatic heterocycles. The van der Waals surface area contributed by atoms with Crippen LogP contribution >= 0.6 is 23.2 Å². The minimum absolute atomic E-state index is 0.181. The molecule has 0 fully saturated rings. The first-order valence-electron chi connectivity index (χ1n) is 5.84. The predicted molar refractivity (Wildman–Crippen MR) is 79.7 cm³/mol. The summed E-state index contributed by atoms with van der Waals surface area (Å²) in [6, 6.07) is 13.9. The van der Waals surface area contributed by atoms with Crippen LogP contribution in [0.15, 0.2) is 42.5 Å². The average molecular weight is 280 g/mol. The fourth-order valence-corrected chi connectivity index (χ4v) is 2.21. The Labute approximate surface area is 118 Å². The molecule has 2 rings (SSSR count). The fraction of sp³-hybridized carbons (Fsp3) is 0.200. The van der Waals surface area contributed by atoms with Crippen LogP contribution in [-0.4, -0.2) is 0 Å². The molecule has 1 atom stereocenters. The van der Waals surface area contributed by atoms with E-state index in [1.807, 2.05) is 36.4 Å². The highest BCUT2D eigenvalue weighted by atomic mass is 35.5. The molecule has 2 aromatic carbocycles. The third-order valence-corrected chi connectivity index (χ3v) is 3.39. The number of halogens is 2. The van der Waals surface area contributed by atoms with Crippen molar-refractivity contribution in [3.63, 3.8) is 0 Å². The molecule has 94 valence electrons. The average Bonchev–Trinajstić information content (AvgIpc) is 2.34. The molecule has 0 saturated carbocycles. The second-order valence-electron chi connectivity index (χ2n) is 4.38. The van der Waals surface area contributed by atoms with Crippen molar-refractivity contribution in [2.75, 3.05) is 5.32 Å². The van der Waals surface area contributed by atoms with Gasteiger partial charge in [0.1, 0.15) is 0 Å². The van der Waals surface area contributed by atoms with Crippen LogP contribution in [0.2, 0.25) is 10.0 Å². The molecule has 0 spiro atoms. The van der Waals surface area contributed by atoms with Gasteiger partial charge in [-0.05, 0) is 49.2 Å². The molecule has 18 heavy (non-hydrogen) atoms. The largest absolute Gasteiger partial charge is 0.378 e. The summed E-state index contributed by atoms with van der Waals surface area (Å²) < 4.78 is 0. The van der Waals surface area contributed by atoms with E-state index in [0.29, 0.717) is 0 Å². The molecule has 0 bridgehead atoms. The number of nitrogens with one attached hydrogen (secondary N) is 1. The molecule has 0 radical (unpaired) electrons. The molecular weight excluding hydrogens is 265 g/mol. The van der Waals surface area contributed by atoms with E-state index in [9.17, 15) is 0 Å². The Morgan fingerprint density at radius 3 is 2.44 bits per heavy atom. The number of rotatable bonds is 3. The van der Waals surface area contributed by atoms with Gasteiger partial charge in [0, 0.05) is 21.8 Å². The van der Waals surface area contributed by atoms with Crippen LogP contribution in [0.3, 0.4) is 0 Å². The van der Waals surface area contributed by atoms with Crippen molar-refractivity contribution in [2.24, 2.45) is 0 Å².